The lowest BCUT2D eigenvalue weighted by Gasteiger charge is -2.39. The lowest BCUT2D eigenvalue weighted by molar-refractivity contribution is -0.300. The van der Waals surface area contributed by atoms with Gasteiger partial charge in [-0.05, 0) is 18.1 Å². The number of ether oxygens (including phenoxy) is 3. The monoisotopic (exact) mass is 385 g/mol. The Morgan fingerprint density at radius 1 is 1.19 bits per heavy atom. The summed E-state index contributed by atoms with van der Waals surface area (Å²) in [7, 11) is 1.58. The summed E-state index contributed by atoms with van der Waals surface area (Å²) in [5.41, 5.74) is 0.938. The minimum Gasteiger partial charge on any atom is -0.496 e. The van der Waals surface area contributed by atoms with E-state index in [9.17, 15) is 20.1 Å². The van der Waals surface area contributed by atoms with E-state index in [0.29, 0.717) is 6.42 Å². The largest absolute Gasteiger partial charge is 0.496 e. The predicted octanol–water partition coefficient (Wildman–Crippen LogP) is -1.44. The minimum absolute atomic E-state index is 0.0308. The van der Waals surface area contributed by atoms with Gasteiger partial charge in [-0.15, -0.1) is 0 Å². The summed E-state index contributed by atoms with van der Waals surface area (Å²) in [5.74, 6) is 0.564. The molecule has 1 aliphatic heterocycles. The number of para-hydroxylation sites is 1. The maximum Gasteiger partial charge on any atom is 0.220 e. The second kappa shape index (κ2) is 10.5. The predicted molar refractivity (Wildman–Crippen MR) is 94.0 cm³/mol. The Labute approximate surface area is 157 Å². The first kappa shape index (κ1) is 21.5. The van der Waals surface area contributed by atoms with Gasteiger partial charge in [-0.2, -0.15) is 0 Å². The molecule has 152 valence electrons. The highest BCUT2D eigenvalue weighted by Gasteiger charge is 2.43. The van der Waals surface area contributed by atoms with E-state index < -0.39 is 37.3 Å². The normalized spacial score (nSPS) is 28.0. The zero-order valence-corrected chi connectivity index (χ0v) is 15.2. The molecule has 0 aromatic heterocycles. The number of benzene rings is 1. The zero-order chi connectivity index (χ0) is 19.8. The molecule has 0 bridgehead atoms. The van der Waals surface area contributed by atoms with E-state index in [4.69, 9.17) is 19.3 Å². The van der Waals surface area contributed by atoms with Crippen molar-refractivity contribution in [3.05, 3.63) is 29.8 Å². The molecular formula is C18H27NO8. The molecule has 1 amide bonds. The molecule has 9 nitrogen and oxygen atoms in total. The van der Waals surface area contributed by atoms with Crippen molar-refractivity contribution in [2.75, 3.05) is 26.9 Å². The molecule has 5 atom stereocenters. The number of carbonyl (C=O) groups is 1. The fourth-order valence-electron chi connectivity index (χ4n) is 2.82. The third kappa shape index (κ3) is 5.86. The third-order valence-electron chi connectivity index (χ3n) is 4.37. The van der Waals surface area contributed by atoms with Crippen LogP contribution in [-0.2, 0) is 20.7 Å². The molecular weight excluding hydrogens is 358 g/mol. The fourth-order valence-corrected chi connectivity index (χ4v) is 2.82. The molecule has 0 radical (unpaired) electrons. The molecule has 1 aliphatic rings. The summed E-state index contributed by atoms with van der Waals surface area (Å²) in [4.78, 5) is 11.9. The Morgan fingerprint density at radius 3 is 2.63 bits per heavy atom. The van der Waals surface area contributed by atoms with Crippen LogP contribution in [0.4, 0.5) is 0 Å². The fraction of sp³-hybridized carbons (Fsp3) is 0.611. The Hall–Kier alpha value is -1.75. The van der Waals surface area contributed by atoms with Crippen LogP contribution in [-0.4, -0.2) is 83.9 Å². The van der Waals surface area contributed by atoms with Crippen molar-refractivity contribution in [1.82, 2.24) is 5.32 Å². The summed E-state index contributed by atoms with van der Waals surface area (Å²) >= 11 is 0. The van der Waals surface area contributed by atoms with E-state index in [1.807, 2.05) is 24.3 Å². The molecule has 1 saturated heterocycles. The smallest absolute Gasteiger partial charge is 0.220 e. The van der Waals surface area contributed by atoms with Crippen molar-refractivity contribution in [1.29, 1.82) is 0 Å². The average Bonchev–Trinajstić information content (AvgIpc) is 2.69. The first-order valence-electron chi connectivity index (χ1n) is 8.78. The number of aryl methyl sites for hydroxylation is 1. The van der Waals surface area contributed by atoms with Crippen LogP contribution < -0.4 is 10.1 Å². The Kier molecular flexibility index (Phi) is 8.42. The van der Waals surface area contributed by atoms with Crippen molar-refractivity contribution in [2.24, 2.45) is 0 Å². The van der Waals surface area contributed by atoms with Gasteiger partial charge in [0.1, 0.15) is 30.2 Å². The van der Waals surface area contributed by atoms with Gasteiger partial charge in [0.25, 0.3) is 0 Å². The van der Waals surface area contributed by atoms with E-state index in [-0.39, 0.29) is 25.5 Å². The van der Waals surface area contributed by atoms with Crippen LogP contribution in [0.15, 0.2) is 24.3 Å². The molecule has 1 aromatic rings. The number of carbonyl (C=O) groups excluding carboxylic acids is 1. The number of hydrogen-bond acceptors (Lipinski definition) is 8. The molecule has 1 fully saturated rings. The summed E-state index contributed by atoms with van der Waals surface area (Å²) < 4.78 is 15.8. The third-order valence-corrected chi connectivity index (χ3v) is 4.37. The highest BCUT2D eigenvalue weighted by Crippen LogP contribution is 2.22. The molecule has 2 rings (SSSR count). The second-order valence-corrected chi connectivity index (χ2v) is 6.23. The SMILES string of the molecule is COc1ccccc1CCC(=O)NCCO[C@@H]1O[C@H](CO)[C@H](O)[C@H](O)[C@H]1O. The Balaban J connectivity index is 1.69. The standard InChI is InChI=1S/C18H27NO8/c1-25-12-5-3-2-4-11(12)6-7-14(21)19-8-9-26-18-17(24)16(23)15(22)13(10-20)27-18/h2-5,13,15-18,20,22-24H,6-10H2,1H3,(H,19,21)/t13-,15+,16+,17-,18-/m1/s1. The molecule has 0 unspecified atom stereocenters. The van der Waals surface area contributed by atoms with Crippen LogP contribution in [0.5, 0.6) is 5.75 Å². The van der Waals surface area contributed by atoms with Crippen molar-refractivity contribution < 1.29 is 39.4 Å². The van der Waals surface area contributed by atoms with Gasteiger partial charge in [0, 0.05) is 13.0 Å². The lowest BCUT2D eigenvalue weighted by Crippen LogP contribution is -2.59. The average molecular weight is 385 g/mol. The summed E-state index contributed by atoms with van der Waals surface area (Å²) in [6.07, 6.45) is -5.79. The van der Waals surface area contributed by atoms with Gasteiger partial charge in [-0.25, -0.2) is 0 Å². The van der Waals surface area contributed by atoms with Crippen molar-refractivity contribution in [2.45, 2.75) is 43.5 Å². The van der Waals surface area contributed by atoms with Gasteiger partial charge in [0.05, 0.1) is 20.3 Å². The molecule has 5 N–H and O–H groups in total. The maximum atomic E-state index is 11.9. The molecule has 0 spiro atoms. The van der Waals surface area contributed by atoms with Crippen molar-refractivity contribution in [3.8, 4) is 5.75 Å². The lowest BCUT2D eigenvalue weighted by atomic mass is 9.99. The van der Waals surface area contributed by atoms with Crippen LogP contribution in [0.1, 0.15) is 12.0 Å². The van der Waals surface area contributed by atoms with Crippen LogP contribution in [0.2, 0.25) is 0 Å². The topological polar surface area (TPSA) is 138 Å². The van der Waals surface area contributed by atoms with Gasteiger partial charge in [-0.1, -0.05) is 18.2 Å². The molecule has 0 aliphatic carbocycles. The Bertz CT molecular complexity index is 596. The second-order valence-electron chi connectivity index (χ2n) is 6.23. The van der Waals surface area contributed by atoms with E-state index in [1.54, 1.807) is 7.11 Å². The molecule has 1 aromatic carbocycles. The zero-order valence-electron chi connectivity index (χ0n) is 15.2. The van der Waals surface area contributed by atoms with Crippen LogP contribution in [0, 0.1) is 0 Å². The molecule has 27 heavy (non-hydrogen) atoms. The van der Waals surface area contributed by atoms with Crippen molar-refractivity contribution >= 4 is 5.91 Å². The van der Waals surface area contributed by atoms with Crippen LogP contribution in [0.3, 0.4) is 0 Å². The van der Waals surface area contributed by atoms with E-state index in [1.165, 1.54) is 0 Å². The first-order valence-corrected chi connectivity index (χ1v) is 8.78. The first-order chi connectivity index (χ1) is 13.0. The number of amides is 1. The van der Waals surface area contributed by atoms with Crippen molar-refractivity contribution in [3.63, 3.8) is 0 Å². The van der Waals surface area contributed by atoms with Crippen LogP contribution in [0.25, 0.3) is 0 Å². The van der Waals surface area contributed by atoms with Gasteiger partial charge in [-0.3, -0.25) is 4.79 Å². The van der Waals surface area contributed by atoms with E-state index in [0.717, 1.165) is 11.3 Å². The molecule has 0 saturated carbocycles. The number of rotatable bonds is 9. The quantitative estimate of drug-likeness (QED) is 0.326. The highest BCUT2D eigenvalue weighted by atomic mass is 16.7. The minimum atomic E-state index is -1.49. The van der Waals surface area contributed by atoms with Gasteiger partial charge >= 0.3 is 0 Å². The number of aliphatic hydroxyl groups excluding tert-OH is 4. The van der Waals surface area contributed by atoms with Crippen LogP contribution >= 0.6 is 0 Å². The van der Waals surface area contributed by atoms with E-state index >= 15 is 0 Å². The van der Waals surface area contributed by atoms with E-state index in [2.05, 4.69) is 5.32 Å². The summed E-state index contributed by atoms with van der Waals surface area (Å²) in [6.45, 7) is -0.312. The number of aliphatic hydroxyl groups is 4. The van der Waals surface area contributed by atoms with Gasteiger partial charge < -0.3 is 40.0 Å². The number of nitrogens with one attached hydrogen (secondary N) is 1. The number of methoxy groups -OCH3 is 1. The van der Waals surface area contributed by atoms with Gasteiger partial charge in [0.15, 0.2) is 6.29 Å². The highest BCUT2D eigenvalue weighted by molar-refractivity contribution is 5.76. The summed E-state index contributed by atoms with van der Waals surface area (Å²) in [5, 5.41) is 41.0. The van der Waals surface area contributed by atoms with Gasteiger partial charge in [0.2, 0.25) is 5.91 Å². The molecule has 1 heterocycles. The maximum absolute atomic E-state index is 11.9. The number of hydrogen-bond donors (Lipinski definition) is 5. The molecule has 9 heteroatoms. The Morgan fingerprint density at radius 2 is 1.93 bits per heavy atom. The summed E-state index contributed by atoms with van der Waals surface area (Å²) in [6, 6.07) is 7.47.